The number of hydrogen-bond donors (Lipinski definition) is 2. The molecule has 1 aliphatic rings. The van der Waals surface area contributed by atoms with Crippen molar-refractivity contribution >= 4 is 54.4 Å². The van der Waals surface area contributed by atoms with Crippen molar-refractivity contribution in [2.75, 3.05) is 0 Å². The van der Waals surface area contributed by atoms with Gasteiger partial charge in [0.2, 0.25) is 0 Å². The highest BCUT2D eigenvalue weighted by atomic mass is 14.8. The Hall–Kier alpha value is -4.82. The highest BCUT2D eigenvalue weighted by molar-refractivity contribution is 6.29. The topological polar surface area (TPSA) is 31.6 Å². The molecule has 41 heavy (non-hydrogen) atoms. The molecule has 0 radical (unpaired) electrons. The zero-order chi connectivity index (χ0) is 27.6. The molecular formula is C39H30N2. The van der Waals surface area contributed by atoms with Gasteiger partial charge in [-0.3, -0.25) is 0 Å². The zero-order valence-corrected chi connectivity index (χ0v) is 23.7. The van der Waals surface area contributed by atoms with E-state index < -0.39 is 0 Å². The summed E-state index contributed by atoms with van der Waals surface area (Å²) < 4.78 is 0. The van der Waals surface area contributed by atoms with Crippen molar-refractivity contribution in [2.45, 2.75) is 33.1 Å². The van der Waals surface area contributed by atoms with E-state index in [1.54, 1.807) is 0 Å². The molecule has 0 atom stereocenters. The Bertz CT molecular complexity index is 2410. The van der Waals surface area contributed by atoms with Crippen LogP contribution in [0.3, 0.4) is 0 Å². The van der Waals surface area contributed by atoms with Crippen molar-refractivity contribution in [3.05, 3.63) is 119 Å². The van der Waals surface area contributed by atoms with Crippen LogP contribution in [-0.4, -0.2) is 9.97 Å². The number of aromatic nitrogens is 2. The molecule has 196 valence electrons. The second-order valence-corrected chi connectivity index (χ2v) is 12.4. The van der Waals surface area contributed by atoms with Crippen LogP contribution in [0, 0.1) is 13.8 Å². The fourth-order valence-corrected chi connectivity index (χ4v) is 8.00. The minimum atomic E-state index is -0.111. The number of hydrogen-bond acceptors (Lipinski definition) is 0. The van der Waals surface area contributed by atoms with Gasteiger partial charge in [0.05, 0.1) is 16.6 Å². The fraction of sp³-hybridized carbons (Fsp3) is 0.128. The van der Waals surface area contributed by atoms with Gasteiger partial charge < -0.3 is 9.97 Å². The Morgan fingerprint density at radius 1 is 0.537 bits per heavy atom. The monoisotopic (exact) mass is 526 g/mol. The van der Waals surface area contributed by atoms with E-state index in [1.165, 1.54) is 98.9 Å². The highest BCUT2D eigenvalue weighted by Gasteiger charge is 2.40. The quantitative estimate of drug-likeness (QED) is 0.213. The van der Waals surface area contributed by atoms with Crippen LogP contribution in [0.5, 0.6) is 0 Å². The lowest BCUT2D eigenvalue weighted by atomic mass is 9.78. The number of nitrogens with one attached hydrogen (secondary N) is 2. The van der Waals surface area contributed by atoms with Crippen LogP contribution in [-0.2, 0) is 5.41 Å². The number of fused-ring (bicyclic) bond motifs is 13. The molecule has 0 bridgehead atoms. The van der Waals surface area contributed by atoms with E-state index in [0.29, 0.717) is 0 Å². The first kappa shape index (κ1) is 22.9. The summed E-state index contributed by atoms with van der Waals surface area (Å²) in [6.45, 7) is 9.37. The molecule has 0 fully saturated rings. The molecule has 0 unspecified atom stereocenters. The van der Waals surface area contributed by atoms with E-state index in [0.717, 1.165) is 0 Å². The number of aromatic amines is 2. The van der Waals surface area contributed by atoms with Crippen LogP contribution in [0.1, 0.15) is 36.1 Å². The Labute approximate surface area is 238 Å². The van der Waals surface area contributed by atoms with E-state index >= 15 is 0 Å². The van der Waals surface area contributed by atoms with Crippen molar-refractivity contribution < 1.29 is 0 Å². The maximum absolute atomic E-state index is 4.06. The lowest BCUT2D eigenvalue weighted by Crippen LogP contribution is -2.15. The Kier molecular flexibility index (Phi) is 4.29. The molecule has 6 aromatic carbocycles. The van der Waals surface area contributed by atoms with E-state index in [1.807, 2.05) is 0 Å². The lowest BCUT2D eigenvalue weighted by molar-refractivity contribution is 0.666. The molecule has 0 saturated carbocycles. The summed E-state index contributed by atoms with van der Waals surface area (Å²) in [4.78, 5) is 7.84. The first-order chi connectivity index (χ1) is 19.9. The minimum absolute atomic E-state index is 0.111. The molecule has 0 amide bonds. The van der Waals surface area contributed by atoms with E-state index in [2.05, 4.69) is 135 Å². The lowest BCUT2D eigenvalue weighted by Gasteiger charge is -2.24. The molecule has 9 rings (SSSR count). The maximum Gasteiger partial charge on any atom is 0.0566 e. The molecule has 0 spiro atoms. The van der Waals surface area contributed by atoms with Crippen LogP contribution in [0.2, 0.25) is 0 Å². The SMILES string of the molecule is Cc1ccccc1-c1c(C)c2c(c3c1[nH]c1c3ccc3[nH]c4c5ccccc5ccc4c31)C(C)(C)c1ccccc1-2. The van der Waals surface area contributed by atoms with Crippen LogP contribution in [0.4, 0.5) is 0 Å². The fourth-order valence-electron chi connectivity index (χ4n) is 8.00. The normalized spacial score (nSPS) is 14.0. The van der Waals surface area contributed by atoms with Crippen molar-refractivity contribution in [1.82, 2.24) is 9.97 Å². The summed E-state index contributed by atoms with van der Waals surface area (Å²) >= 11 is 0. The molecule has 2 heteroatoms. The third-order valence-electron chi connectivity index (χ3n) is 9.84. The number of H-pyrrole nitrogens is 2. The zero-order valence-electron chi connectivity index (χ0n) is 23.7. The first-order valence-corrected chi connectivity index (χ1v) is 14.6. The average Bonchev–Trinajstić information content (AvgIpc) is 3.62. The van der Waals surface area contributed by atoms with Gasteiger partial charge in [0.1, 0.15) is 0 Å². The molecule has 2 nitrogen and oxygen atoms in total. The van der Waals surface area contributed by atoms with Crippen molar-refractivity contribution in [3.63, 3.8) is 0 Å². The second-order valence-electron chi connectivity index (χ2n) is 12.4. The highest BCUT2D eigenvalue weighted by Crippen LogP contribution is 2.56. The Morgan fingerprint density at radius 2 is 1.24 bits per heavy atom. The average molecular weight is 527 g/mol. The number of aryl methyl sites for hydroxylation is 1. The summed E-state index contributed by atoms with van der Waals surface area (Å²) in [7, 11) is 0. The van der Waals surface area contributed by atoms with Crippen molar-refractivity contribution in [3.8, 4) is 22.3 Å². The summed E-state index contributed by atoms with van der Waals surface area (Å²) in [5, 5.41) is 7.72. The van der Waals surface area contributed by atoms with Gasteiger partial charge in [-0.15, -0.1) is 0 Å². The van der Waals surface area contributed by atoms with Crippen molar-refractivity contribution in [2.24, 2.45) is 0 Å². The predicted molar refractivity (Wildman–Crippen MR) is 175 cm³/mol. The van der Waals surface area contributed by atoms with Gasteiger partial charge in [0, 0.05) is 43.4 Å². The third kappa shape index (κ3) is 2.77. The summed E-state index contributed by atoms with van der Waals surface area (Å²) in [6.07, 6.45) is 0. The van der Waals surface area contributed by atoms with E-state index in [9.17, 15) is 0 Å². The van der Waals surface area contributed by atoms with Crippen LogP contribution < -0.4 is 0 Å². The van der Waals surface area contributed by atoms with Crippen LogP contribution in [0.25, 0.3) is 76.6 Å². The molecule has 8 aromatic rings. The Balaban J connectivity index is 1.53. The molecule has 2 heterocycles. The largest absolute Gasteiger partial charge is 0.354 e. The van der Waals surface area contributed by atoms with Crippen LogP contribution >= 0.6 is 0 Å². The molecule has 2 N–H and O–H groups in total. The van der Waals surface area contributed by atoms with Gasteiger partial charge in [-0.1, -0.05) is 105 Å². The molecule has 2 aromatic heterocycles. The van der Waals surface area contributed by atoms with Gasteiger partial charge in [-0.2, -0.15) is 0 Å². The molecule has 1 aliphatic carbocycles. The molecular weight excluding hydrogens is 496 g/mol. The Morgan fingerprint density at radius 3 is 2.10 bits per heavy atom. The van der Waals surface area contributed by atoms with Crippen molar-refractivity contribution in [1.29, 1.82) is 0 Å². The van der Waals surface area contributed by atoms with Gasteiger partial charge in [-0.25, -0.2) is 0 Å². The standard InChI is InChI=1S/C39H30N2/c1-21-11-5-7-13-24(21)32-22(2)31-26-15-9-10-16-29(26)39(3,4)35(31)34-28-19-20-30-33(37(28)41-38(32)34)27-18-17-23-12-6-8-14-25(23)36(27)40-30/h5-20,40-41H,1-4H3. The van der Waals surface area contributed by atoms with Gasteiger partial charge in [0.25, 0.3) is 0 Å². The first-order valence-electron chi connectivity index (χ1n) is 14.6. The van der Waals surface area contributed by atoms with Gasteiger partial charge in [-0.05, 0) is 64.2 Å². The van der Waals surface area contributed by atoms with Gasteiger partial charge >= 0.3 is 0 Å². The molecule has 0 aliphatic heterocycles. The molecule has 0 saturated heterocycles. The predicted octanol–water partition coefficient (Wildman–Crippen LogP) is 10.7. The van der Waals surface area contributed by atoms with E-state index in [-0.39, 0.29) is 5.41 Å². The number of rotatable bonds is 1. The maximum atomic E-state index is 4.06. The second kappa shape index (κ2) is 7.67. The number of benzene rings is 6. The minimum Gasteiger partial charge on any atom is -0.354 e. The van der Waals surface area contributed by atoms with E-state index in [4.69, 9.17) is 0 Å². The summed E-state index contributed by atoms with van der Waals surface area (Å²) in [5.74, 6) is 0. The van der Waals surface area contributed by atoms with Gasteiger partial charge in [0.15, 0.2) is 0 Å². The summed E-state index contributed by atoms with van der Waals surface area (Å²) in [5.41, 5.74) is 15.6. The van der Waals surface area contributed by atoms with Crippen LogP contribution in [0.15, 0.2) is 97.1 Å². The summed E-state index contributed by atoms with van der Waals surface area (Å²) in [6, 6.07) is 35.7. The smallest absolute Gasteiger partial charge is 0.0566 e. The third-order valence-corrected chi connectivity index (χ3v) is 9.84.